The predicted octanol–water partition coefficient (Wildman–Crippen LogP) is 2.33. The van der Waals surface area contributed by atoms with Gasteiger partial charge in [-0.3, -0.25) is 4.79 Å². The smallest absolute Gasteiger partial charge is 0.228 e. The average molecular weight is 296 g/mol. The fraction of sp³-hybridized carbons (Fsp3) is 0.333. The van der Waals surface area contributed by atoms with E-state index in [1.165, 1.54) is 0 Å². The quantitative estimate of drug-likeness (QED) is 0.945. The van der Waals surface area contributed by atoms with E-state index in [1.54, 1.807) is 0 Å². The van der Waals surface area contributed by atoms with Gasteiger partial charge >= 0.3 is 0 Å². The highest BCUT2D eigenvalue weighted by molar-refractivity contribution is 6.03. The van der Waals surface area contributed by atoms with Crippen LogP contribution in [0.25, 0.3) is 10.8 Å². The summed E-state index contributed by atoms with van der Waals surface area (Å²) in [6, 6.07) is 13.5. The minimum Gasteiger partial charge on any atom is -0.550 e. The van der Waals surface area contributed by atoms with Gasteiger partial charge in [0, 0.05) is 28.9 Å². The minimum absolute atomic E-state index is 0.217. The van der Waals surface area contributed by atoms with Crippen molar-refractivity contribution in [2.75, 3.05) is 5.32 Å². The summed E-state index contributed by atoms with van der Waals surface area (Å²) in [4.78, 5) is 23.8. The number of amides is 1. The molecule has 0 bridgehead atoms. The van der Waals surface area contributed by atoms with Crippen LogP contribution in [0.3, 0.4) is 0 Å². The standard InChI is InChI=1S/C18H19NO3/c20-17(14-9-3-4-10-15(14)18(21)22)19-16-11-5-7-12-6-1-2-8-13(12)16/h1-2,5-8,11,14-15H,3-4,9-10H2,(H,19,20)(H,21,22)/p-1/t14-,15+/m0/s1. The van der Waals surface area contributed by atoms with Crippen LogP contribution in [-0.2, 0) is 9.59 Å². The molecule has 1 aliphatic carbocycles. The topological polar surface area (TPSA) is 69.2 Å². The number of benzene rings is 2. The lowest BCUT2D eigenvalue weighted by molar-refractivity contribution is -0.313. The Labute approximate surface area is 129 Å². The summed E-state index contributed by atoms with van der Waals surface area (Å²) in [5, 5.41) is 16.2. The number of carboxylic acids is 1. The monoisotopic (exact) mass is 296 g/mol. The van der Waals surface area contributed by atoms with Crippen molar-refractivity contribution in [1.82, 2.24) is 0 Å². The maximum Gasteiger partial charge on any atom is 0.228 e. The number of aliphatic carboxylic acids is 1. The molecule has 0 heterocycles. The molecule has 0 radical (unpaired) electrons. The van der Waals surface area contributed by atoms with Crippen LogP contribution in [0.15, 0.2) is 42.5 Å². The van der Waals surface area contributed by atoms with E-state index in [-0.39, 0.29) is 5.91 Å². The molecule has 3 rings (SSSR count). The highest BCUT2D eigenvalue weighted by atomic mass is 16.4. The second-order valence-corrected chi connectivity index (χ2v) is 5.83. The van der Waals surface area contributed by atoms with Crippen molar-refractivity contribution in [3.63, 3.8) is 0 Å². The molecule has 2 aromatic rings. The fourth-order valence-electron chi connectivity index (χ4n) is 3.29. The molecule has 114 valence electrons. The average Bonchev–Trinajstić information content (AvgIpc) is 2.55. The Kier molecular flexibility index (Phi) is 4.09. The molecular formula is C18H18NO3-. The van der Waals surface area contributed by atoms with Crippen molar-refractivity contribution in [1.29, 1.82) is 0 Å². The molecule has 2 atom stereocenters. The third-order valence-electron chi connectivity index (χ3n) is 4.45. The zero-order valence-corrected chi connectivity index (χ0v) is 12.2. The molecule has 1 fully saturated rings. The molecule has 0 aliphatic heterocycles. The molecule has 2 aromatic carbocycles. The summed E-state index contributed by atoms with van der Waals surface area (Å²) in [5.74, 6) is -2.51. The summed E-state index contributed by atoms with van der Waals surface area (Å²) < 4.78 is 0. The zero-order valence-electron chi connectivity index (χ0n) is 12.2. The first-order valence-corrected chi connectivity index (χ1v) is 7.66. The summed E-state index contributed by atoms with van der Waals surface area (Å²) in [6.45, 7) is 0. The number of rotatable bonds is 3. The number of fused-ring (bicyclic) bond motifs is 1. The third kappa shape index (κ3) is 2.82. The summed E-state index contributed by atoms with van der Waals surface area (Å²) in [5.41, 5.74) is 0.728. The van der Waals surface area contributed by atoms with Crippen molar-refractivity contribution < 1.29 is 14.7 Å². The lowest BCUT2D eigenvalue weighted by Crippen LogP contribution is -2.42. The molecule has 0 aromatic heterocycles. The van der Waals surface area contributed by atoms with Crippen LogP contribution >= 0.6 is 0 Å². The van der Waals surface area contributed by atoms with Crippen molar-refractivity contribution >= 4 is 28.3 Å². The molecule has 0 spiro atoms. The number of hydrogen-bond donors (Lipinski definition) is 1. The van der Waals surface area contributed by atoms with Gasteiger partial charge < -0.3 is 15.2 Å². The van der Waals surface area contributed by atoms with Crippen molar-refractivity contribution in [2.45, 2.75) is 25.7 Å². The second kappa shape index (κ2) is 6.18. The van der Waals surface area contributed by atoms with E-state index in [9.17, 15) is 14.7 Å². The van der Waals surface area contributed by atoms with E-state index in [4.69, 9.17) is 0 Å². The molecule has 1 aliphatic rings. The van der Waals surface area contributed by atoms with Gasteiger partial charge in [-0.1, -0.05) is 49.2 Å². The summed E-state index contributed by atoms with van der Waals surface area (Å²) >= 11 is 0. The van der Waals surface area contributed by atoms with Gasteiger partial charge in [0.05, 0.1) is 0 Å². The molecule has 4 heteroatoms. The second-order valence-electron chi connectivity index (χ2n) is 5.83. The number of hydrogen-bond acceptors (Lipinski definition) is 3. The fourth-order valence-corrected chi connectivity index (χ4v) is 3.29. The lowest BCUT2D eigenvalue weighted by Gasteiger charge is -2.31. The van der Waals surface area contributed by atoms with Crippen LogP contribution in [-0.4, -0.2) is 11.9 Å². The highest BCUT2D eigenvalue weighted by Crippen LogP contribution is 2.31. The van der Waals surface area contributed by atoms with Crippen LogP contribution in [0, 0.1) is 11.8 Å². The molecular weight excluding hydrogens is 278 g/mol. The minimum atomic E-state index is -1.11. The Morgan fingerprint density at radius 2 is 1.64 bits per heavy atom. The number of anilines is 1. The number of carboxylic acid groups (broad SMARTS) is 1. The summed E-state index contributed by atoms with van der Waals surface area (Å²) in [7, 11) is 0. The first-order valence-electron chi connectivity index (χ1n) is 7.66. The zero-order chi connectivity index (χ0) is 15.5. The number of nitrogens with one attached hydrogen (secondary N) is 1. The van der Waals surface area contributed by atoms with Crippen LogP contribution < -0.4 is 10.4 Å². The van der Waals surface area contributed by atoms with Crippen molar-refractivity contribution in [3.8, 4) is 0 Å². The first-order chi connectivity index (χ1) is 10.7. The molecule has 1 amide bonds. The van der Waals surface area contributed by atoms with E-state index >= 15 is 0 Å². The van der Waals surface area contributed by atoms with Crippen LogP contribution in [0.1, 0.15) is 25.7 Å². The maximum atomic E-state index is 12.5. The van der Waals surface area contributed by atoms with E-state index in [1.807, 2.05) is 42.5 Å². The first kappa shape index (κ1) is 14.6. The number of carbonyl (C=O) groups excluding carboxylic acids is 2. The molecule has 0 unspecified atom stereocenters. The van der Waals surface area contributed by atoms with Gasteiger partial charge in [0.15, 0.2) is 0 Å². The SMILES string of the molecule is O=C(Nc1cccc2ccccc12)[C@H]1CCCC[C@H]1C(=O)[O-]. The normalized spacial score (nSPS) is 21.5. The molecule has 0 saturated heterocycles. The van der Waals surface area contributed by atoms with E-state index in [0.717, 1.165) is 29.3 Å². The summed E-state index contributed by atoms with van der Waals surface area (Å²) in [6.07, 6.45) is 2.86. The number of carbonyl (C=O) groups is 2. The predicted molar refractivity (Wildman–Crippen MR) is 83.0 cm³/mol. The maximum absolute atomic E-state index is 12.5. The van der Waals surface area contributed by atoms with Crippen molar-refractivity contribution in [3.05, 3.63) is 42.5 Å². The van der Waals surface area contributed by atoms with E-state index in [2.05, 4.69) is 5.32 Å². The third-order valence-corrected chi connectivity index (χ3v) is 4.45. The van der Waals surface area contributed by atoms with Crippen LogP contribution in [0.4, 0.5) is 5.69 Å². The van der Waals surface area contributed by atoms with E-state index < -0.39 is 17.8 Å². The Bertz CT molecular complexity index is 705. The van der Waals surface area contributed by atoms with Gasteiger partial charge in [-0.15, -0.1) is 0 Å². The van der Waals surface area contributed by atoms with Gasteiger partial charge in [0.25, 0.3) is 0 Å². The van der Waals surface area contributed by atoms with Gasteiger partial charge in [-0.2, -0.15) is 0 Å². The van der Waals surface area contributed by atoms with Gasteiger partial charge in [-0.25, -0.2) is 0 Å². The molecule has 4 nitrogen and oxygen atoms in total. The van der Waals surface area contributed by atoms with Gasteiger partial charge in [-0.05, 0) is 24.3 Å². The van der Waals surface area contributed by atoms with Crippen molar-refractivity contribution in [2.24, 2.45) is 11.8 Å². The van der Waals surface area contributed by atoms with Crippen LogP contribution in [0.5, 0.6) is 0 Å². The Morgan fingerprint density at radius 1 is 0.955 bits per heavy atom. The lowest BCUT2D eigenvalue weighted by atomic mass is 9.78. The Hall–Kier alpha value is -2.36. The Balaban J connectivity index is 1.85. The largest absolute Gasteiger partial charge is 0.550 e. The van der Waals surface area contributed by atoms with E-state index in [0.29, 0.717) is 12.8 Å². The molecule has 1 saturated carbocycles. The Morgan fingerprint density at radius 3 is 2.41 bits per heavy atom. The van der Waals surface area contributed by atoms with Gasteiger partial charge in [0.2, 0.25) is 5.91 Å². The molecule has 22 heavy (non-hydrogen) atoms. The molecule has 1 N–H and O–H groups in total. The van der Waals surface area contributed by atoms with Crippen LogP contribution in [0.2, 0.25) is 0 Å². The highest BCUT2D eigenvalue weighted by Gasteiger charge is 2.31. The van der Waals surface area contributed by atoms with Gasteiger partial charge in [0.1, 0.15) is 0 Å².